The number of aromatic nitrogens is 1. The maximum atomic E-state index is 13.3. The number of aromatic amines is 1. The Balaban J connectivity index is 1.78. The van der Waals surface area contributed by atoms with Gasteiger partial charge in [0.1, 0.15) is 18.1 Å². The third kappa shape index (κ3) is 7.28. The van der Waals surface area contributed by atoms with E-state index in [-0.39, 0.29) is 18.4 Å². The zero-order valence-electron chi connectivity index (χ0n) is 20.5. The summed E-state index contributed by atoms with van der Waals surface area (Å²) in [5.41, 5.74) is 7.28. The van der Waals surface area contributed by atoms with Gasteiger partial charge in [0.2, 0.25) is 17.7 Å². The predicted octanol–water partition coefficient (Wildman–Crippen LogP) is 0.150. The van der Waals surface area contributed by atoms with Gasteiger partial charge in [-0.15, -0.1) is 0 Å². The lowest BCUT2D eigenvalue weighted by atomic mass is 10.0. The Bertz CT molecular complexity index is 1060. The molecule has 1 aliphatic heterocycles. The molecule has 8 N–H and O–H groups in total. The lowest BCUT2D eigenvalue weighted by Crippen LogP contribution is -2.57. The van der Waals surface area contributed by atoms with Gasteiger partial charge in [0.15, 0.2) is 0 Å². The van der Waals surface area contributed by atoms with Crippen LogP contribution in [0.4, 0.5) is 0 Å². The second-order valence-corrected chi connectivity index (χ2v) is 9.19. The maximum absolute atomic E-state index is 13.3. The minimum Gasteiger partial charge on any atom is -0.480 e. The van der Waals surface area contributed by atoms with Gasteiger partial charge in [0.05, 0.1) is 6.04 Å². The molecule has 36 heavy (non-hydrogen) atoms. The number of nitrogens with one attached hydrogen (secondary N) is 5. The van der Waals surface area contributed by atoms with Crippen molar-refractivity contribution in [1.29, 1.82) is 0 Å². The van der Waals surface area contributed by atoms with Crippen LogP contribution in [-0.4, -0.2) is 71.0 Å². The van der Waals surface area contributed by atoms with Crippen molar-refractivity contribution in [3.63, 3.8) is 0 Å². The standard InChI is InChI=1S/C25H36N6O5/c1-15(25(35)36)29-24(34)21(13-16-14-28-18-8-3-2-7-17(16)18)31-23(33)20(9-4-5-11-26)30-22(32)19-10-6-12-27-19/h2-3,7-8,14-15,19-21,27-28H,4-6,9-13,26H2,1H3,(H,29,34)(H,30,32)(H,31,33)(H,35,36). The average Bonchev–Trinajstić information content (AvgIpc) is 3.53. The summed E-state index contributed by atoms with van der Waals surface area (Å²) in [6.07, 6.45) is 5.18. The Morgan fingerprint density at radius 3 is 2.53 bits per heavy atom. The van der Waals surface area contributed by atoms with Gasteiger partial charge in [-0.2, -0.15) is 0 Å². The van der Waals surface area contributed by atoms with E-state index in [2.05, 4.69) is 26.3 Å². The summed E-state index contributed by atoms with van der Waals surface area (Å²) in [5, 5.41) is 21.3. The van der Waals surface area contributed by atoms with Gasteiger partial charge in [-0.3, -0.25) is 19.2 Å². The number of H-pyrrole nitrogens is 1. The third-order valence-corrected chi connectivity index (χ3v) is 6.42. The molecule has 1 aromatic carbocycles. The molecule has 1 aliphatic rings. The lowest BCUT2D eigenvalue weighted by molar-refractivity contribution is -0.141. The molecule has 0 radical (unpaired) electrons. The fourth-order valence-electron chi connectivity index (χ4n) is 4.32. The van der Waals surface area contributed by atoms with Crippen molar-refractivity contribution < 1.29 is 24.3 Å². The number of amides is 3. The molecule has 0 saturated carbocycles. The number of hydrogen-bond donors (Lipinski definition) is 7. The number of nitrogens with two attached hydrogens (primary N) is 1. The molecule has 196 valence electrons. The van der Waals surface area contributed by atoms with E-state index in [1.807, 2.05) is 24.3 Å². The molecule has 4 unspecified atom stereocenters. The van der Waals surface area contributed by atoms with Gasteiger partial charge >= 0.3 is 5.97 Å². The molecule has 3 rings (SSSR count). The van der Waals surface area contributed by atoms with Crippen LogP contribution in [-0.2, 0) is 25.6 Å². The first-order valence-electron chi connectivity index (χ1n) is 12.4. The van der Waals surface area contributed by atoms with Gasteiger partial charge < -0.3 is 37.1 Å². The highest BCUT2D eigenvalue weighted by atomic mass is 16.4. The van der Waals surface area contributed by atoms with E-state index in [1.54, 1.807) is 6.20 Å². The predicted molar refractivity (Wildman–Crippen MR) is 135 cm³/mol. The molecule has 4 atom stereocenters. The quantitative estimate of drug-likeness (QED) is 0.191. The zero-order chi connectivity index (χ0) is 26.1. The molecule has 11 nitrogen and oxygen atoms in total. The number of carboxylic acid groups (broad SMARTS) is 1. The number of unbranched alkanes of at least 4 members (excludes halogenated alkanes) is 1. The van der Waals surface area contributed by atoms with E-state index >= 15 is 0 Å². The molecule has 0 aliphatic carbocycles. The summed E-state index contributed by atoms with van der Waals surface area (Å²) in [4.78, 5) is 53.5. The van der Waals surface area contributed by atoms with Crippen LogP contribution in [0.3, 0.4) is 0 Å². The highest BCUT2D eigenvalue weighted by Crippen LogP contribution is 2.19. The largest absolute Gasteiger partial charge is 0.480 e. The summed E-state index contributed by atoms with van der Waals surface area (Å²) in [6.45, 7) is 2.57. The van der Waals surface area contributed by atoms with E-state index in [4.69, 9.17) is 5.73 Å². The van der Waals surface area contributed by atoms with E-state index in [9.17, 15) is 24.3 Å². The molecule has 0 spiro atoms. The molecule has 1 aromatic heterocycles. The summed E-state index contributed by atoms with van der Waals surface area (Å²) in [7, 11) is 0. The van der Waals surface area contributed by atoms with Gasteiger partial charge in [-0.05, 0) is 63.7 Å². The SMILES string of the molecule is CC(NC(=O)C(Cc1c[nH]c2ccccc12)NC(=O)C(CCCCN)NC(=O)C1CCCN1)C(=O)O. The molecule has 3 amide bonds. The Morgan fingerprint density at radius 2 is 1.83 bits per heavy atom. The Morgan fingerprint density at radius 1 is 1.08 bits per heavy atom. The summed E-state index contributed by atoms with van der Waals surface area (Å²) in [5.74, 6) is -2.55. The molecule has 1 saturated heterocycles. The molecule has 2 aromatic rings. The molecular weight excluding hydrogens is 464 g/mol. The number of fused-ring (bicyclic) bond motifs is 1. The van der Waals surface area contributed by atoms with Crippen molar-refractivity contribution in [2.75, 3.05) is 13.1 Å². The van der Waals surface area contributed by atoms with E-state index in [1.165, 1.54) is 6.92 Å². The Labute approximate surface area is 210 Å². The topological polar surface area (TPSA) is 178 Å². The van der Waals surface area contributed by atoms with Crippen molar-refractivity contribution in [2.24, 2.45) is 5.73 Å². The van der Waals surface area contributed by atoms with Crippen LogP contribution in [0.5, 0.6) is 0 Å². The van der Waals surface area contributed by atoms with Crippen LogP contribution in [0.15, 0.2) is 30.5 Å². The second kappa shape index (κ2) is 13.0. The molecule has 2 heterocycles. The summed E-state index contributed by atoms with van der Waals surface area (Å²) < 4.78 is 0. The van der Waals surface area contributed by atoms with Crippen LogP contribution in [0, 0.1) is 0 Å². The first-order valence-corrected chi connectivity index (χ1v) is 12.4. The van der Waals surface area contributed by atoms with E-state index in [0.717, 1.165) is 29.4 Å². The van der Waals surface area contributed by atoms with Gasteiger partial charge in [0, 0.05) is 23.5 Å². The number of carbonyl (C=O) groups excluding carboxylic acids is 3. The fourth-order valence-corrected chi connectivity index (χ4v) is 4.32. The van der Waals surface area contributed by atoms with Crippen LogP contribution < -0.4 is 27.0 Å². The number of carboxylic acids is 1. The number of para-hydroxylation sites is 1. The summed E-state index contributed by atoms with van der Waals surface area (Å²) in [6, 6.07) is 4.20. The summed E-state index contributed by atoms with van der Waals surface area (Å²) >= 11 is 0. The zero-order valence-corrected chi connectivity index (χ0v) is 20.5. The minimum absolute atomic E-state index is 0.140. The number of aliphatic carboxylic acids is 1. The monoisotopic (exact) mass is 500 g/mol. The first kappa shape index (κ1) is 27.2. The molecule has 11 heteroatoms. The third-order valence-electron chi connectivity index (χ3n) is 6.42. The minimum atomic E-state index is -1.18. The van der Waals surface area contributed by atoms with Crippen LogP contribution in [0.2, 0.25) is 0 Å². The van der Waals surface area contributed by atoms with Crippen molar-refractivity contribution in [1.82, 2.24) is 26.3 Å². The highest BCUT2D eigenvalue weighted by Gasteiger charge is 2.31. The maximum Gasteiger partial charge on any atom is 0.325 e. The molecular formula is C25H36N6O5. The number of benzene rings is 1. The smallest absolute Gasteiger partial charge is 0.325 e. The average molecular weight is 501 g/mol. The van der Waals surface area contributed by atoms with Crippen molar-refractivity contribution in [3.8, 4) is 0 Å². The van der Waals surface area contributed by atoms with Crippen molar-refractivity contribution in [3.05, 3.63) is 36.0 Å². The van der Waals surface area contributed by atoms with Gasteiger partial charge in [-0.25, -0.2) is 0 Å². The number of rotatable bonds is 13. The van der Waals surface area contributed by atoms with Gasteiger partial charge in [-0.1, -0.05) is 18.2 Å². The van der Waals surface area contributed by atoms with E-state index < -0.39 is 35.9 Å². The van der Waals surface area contributed by atoms with Crippen LogP contribution >= 0.6 is 0 Å². The molecule has 0 bridgehead atoms. The van der Waals surface area contributed by atoms with Crippen LogP contribution in [0.1, 0.15) is 44.6 Å². The Kier molecular flexibility index (Phi) is 9.83. The Hall–Kier alpha value is -3.44. The normalized spacial score (nSPS) is 17.8. The van der Waals surface area contributed by atoms with Crippen LogP contribution in [0.25, 0.3) is 10.9 Å². The lowest BCUT2D eigenvalue weighted by Gasteiger charge is -2.25. The van der Waals surface area contributed by atoms with E-state index in [0.29, 0.717) is 32.2 Å². The van der Waals surface area contributed by atoms with Gasteiger partial charge in [0.25, 0.3) is 0 Å². The fraction of sp³-hybridized carbons (Fsp3) is 0.520. The highest BCUT2D eigenvalue weighted by molar-refractivity contribution is 5.94. The molecule has 1 fully saturated rings. The number of carbonyl (C=O) groups is 4. The van der Waals surface area contributed by atoms with Crippen molar-refractivity contribution in [2.45, 2.75) is 69.6 Å². The first-order chi connectivity index (χ1) is 17.3. The van der Waals surface area contributed by atoms with Crippen molar-refractivity contribution >= 4 is 34.6 Å². The second-order valence-electron chi connectivity index (χ2n) is 9.19. The number of hydrogen-bond acceptors (Lipinski definition) is 6.